The Bertz CT molecular complexity index is 1250. The molecule has 1 amide bonds. The third-order valence-electron chi connectivity index (χ3n) is 13.3. The number of aliphatic hydroxyl groups is 5. The number of ether oxygens (including phenoxy) is 2. The van der Waals surface area contributed by atoms with Gasteiger partial charge in [-0.3, -0.25) is 4.79 Å². The van der Waals surface area contributed by atoms with Gasteiger partial charge in [-0.2, -0.15) is 0 Å². The quantitative estimate of drug-likeness (QED) is 0.0261. The lowest BCUT2D eigenvalue weighted by molar-refractivity contribution is -0.302. The second kappa shape index (κ2) is 48.5. The second-order valence-corrected chi connectivity index (χ2v) is 19.7. The molecule has 7 atom stereocenters. The fraction of sp³-hybridized carbons (Fsp3) is 0.814. The summed E-state index contributed by atoms with van der Waals surface area (Å²) >= 11 is 0. The fourth-order valence-electron chi connectivity index (χ4n) is 8.75. The van der Waals surface area contributed by atoms with Gasteiger partial charge in [0.25, 0.3) is 0 Å². The van der Waals surface area contributed by atoms with Gasteiger partial charge >= 0.3 is 0 Å². The van der Waals surface area contributed by atoms with Crippen LogP contribution in [-0.2, 0) is 14.3 Å². The van der Waals surface area contributed by atoms with Gasteiger partial charge in [-0.25, -0.2) is 0 Å². The highest BCUT2D eigenvalue weighted by atomic mass is 16.7. The lowest BCUT2D eigenvalue weighted by atomic mass is 9.99. The van der Waals surface area contributed by atoms with Crippen LogP contribution >= 0.6 is 0 Å². The lowest BCUT2D eigenvalue weighted by Crippen LogP contribution is -2.60. The number of rotatable bonds is 48. The number of hydrogen-bond donors (Lipinski definition) is 6. The average Bonchev–Trinajstić information content (AvgIpc) is 3.34. The third-order valence-corrected chi connectivity index (χ3v) is 13.3. The highest BCUT2D eigenvalue weighted by Crippen LogP contribution is 2.23. The molecule has 0 bridgehead atoms. The average molecular weight is 959 g/mol. The van der Waals surface area contributed by atoms with Crippen molar-refractivity contribution in [3.05, 3.63) is 60.8 Å². The van der Waals surface area contributed by atoms with Crippen LogP contribution in [0.4, 0.5) is 0 Å². The number of hydrogen-bond acceptors (Lipinski definition) is 8. The van der Waals surface area contributed by atoms with E-state index >= 15 is 0 Å². The molecule has 0 radical (unpaired) electrons. The molecule has 1 heterocycles. The van der Waals surface area contributed by atoms with Gasteiger partial charge in [-0.05, 0) is 77.0 Å². The smallest absolute Gasteiger partial charge is 0.220 e. The maximum absolute atomic E-state index is 13.0. The van der Waals surface area contributed by atoms with E-state index in [1.807, 2.05) is 6.08 Å². The molecule has 396 valence electrons. The Balaban J connectivity index is 2.29. The Morgan fingerprint density at radius 2 is 0.882 bits per heavy atom. The molecule has 1 rings (SSSR count). The highest BCUT2D eigenvalue weighted by molar-refractivity contribution is 5.76. The summed E-state index contributed by atoms with van der Waals surface area (Å²) in [6.07, 6.45) is 58.5. The minimum Gasteiger partial charge on any atom is -0.394 e. The highest BCUT2D eigenvalue weighted by Gasteiger charge is 2.44. The van der Waals surface area contributed by atoms with Crippen LogP contribution in [0.1, 0.15) is 251 Å². The number of carbonyl (C=O) groups excluding carboxylic acids is 1. The molecule has 1 aliphatic heterocycles. The standard InChI is InChI=1S/C59H107NO8/c1-3-5-7-9-11-13-15-17-19-21-23-25-26-27-29-30-32-34-36-38-40-42-44-46-48-53(62)52(51-67-59-58(66)57(65)56(64)54(50-61)68-59)60-55(63)49-47-45-43-41-39-37-35-33-31-28-24-22-20-18-16-14-12-10-8-6-4-2/h16,18,22,24,30,32,38,40,46,48,52-54,56-59,61-62,64-66H,3-15,17,19-21,23,25-29,31,33-37,39,41-45,47,49-51H2,1-2H3,(H,60,63)/b18-16-,24-22-,32-30+,40-38+,48-46+. The topological polar surface area (TPSA) is 149 Å². The van der Waals surface area contributed by atoms with Crippen LogP contribution in [0.15, 0.2) is 60.8 Å². The van der Waals surface area contributed by atoms with Crippen LogP contribution in [0.5, 0.6) is 0 Å². The molecule has 7 unspecified atom stereocenters. The first-order chi connectivity index (χ1) is 33.3. The van der Waals surface area contributed by atoms with Gasteiger partial charge in [0.15, 0.2) is 6.29 Å². The zero-order valence-corrected chi connectivity index (χ0v) is 43.9. The summed E-state index contributed by atoms with van der Waals surface area (Å²) in [6.45, 7) is 3.76. The van der Waals surface area contributed by atoms with Crippen molar-refractivity contribution < 1.29 is 39.8 Å². The Hall–Kier alpha value is -2.11. The van der Waals surface area contributed by atoms with E-state index in [-0.39, 0.29) is 12.5 Å². The molecule has 0 aliphatic carbocycles. The third kappa shape index (κ3) is 37.7. The van der Waals surface area contributed by atoms with Crippen molar-refractivity contribution in [3.63, 3.8) is 0 Å². The molecule has 1 aliphatic rings. The lowest BCUT2D eigenvalue weighted by Gasteiger charge is -2.40. The molecule has 0 aromatic carbocycles. The Morgan fingerprint density at radius 1 is 0.500 bits per heavy atom. The molecule has 0 saturated carbocycles. The zero-order valence-electron chi connectivity index (χ0n) is 43.9. The first kappa shape index (κ1) is 63.9. The van der Waals surface area contributed by atoms with Crippen LogP contribution in [0, 0.1) is 0 Å². The van der Waals surface area contributed by atoms with E-state index in [4.69, 9.17) is 9.47 Å². The van der Waals surface area contributed by atoms with Gasteiger partial charge < -0.3 is 40.3 Å². The van der Waals surface area contributed by atoms with E-state index in [0.717, 1.165) is 64.2 Å². The molecule has 68 heavy (non-hydrogen) atoms. The van der Waals surface area contributed by atoms with Crippen molar-refractivity contribution >= 4 is 5.91 Å². The van der Waals surface area contributed by atoms with Gasteiger partial charge in [0.2, 0.25) is 5.91 Å². The number of aliphatic hydroxyl groups excluding tert-OH is 5. The first-order valence-electron chi connectivity index (χ1n) is 28.5. The summed E-state index contributed by atoms with van der Waals surface area (Å²) in [5.74, 6) is -0.195. The Labute approximate surface area is 417 Å². The molecule has 0 aromatic heterocycles. The number of nitrogens with one attached hydrogen (secondary N) is 1. The van der Waals surface area contributed by atoms with Crippen LogP contribution in [0.3, 0.4) is 0 Å². The number of carbonyl (C=O) groups is 1. The van der Waals surface area contributed by atoms with E-state index in [2.05, 4.69) is 67.8 Å². The van der Waals surface area contributed by atoms with Crippen LogP contribution in [-0.4, -0.2) is 87.5 Å². The molecule has 6 N–H and O–H groups in total. The van der Waals surface area contributed by atoms with Crippen molar-refractivity contribution in [1.29, 1.82) is 0 Å². The molecule has 1 fully saturated rings. The first-order valence-corrected chi connectivity index (χ1v) is 28.5. The van der Waals surface area contributed by atoms with E-state index in [1.165, 1.54) is 167 Å². The van der Waals surface area contributed by atoms with Crippen LogP contribution < -0.4 is 5.32 Å². The summed E-state index contributed by atoms with van der Waals surface area (Å²) in [7, 11) is 0. The van der Waals surface area contributed by atoms with Gasteiger partial charge in [0.05, 0.1) is 25.4 Å². The summed E-state index contributed by atoms with van der Waals surface area (Å²) in [5, 5.41) is 54.5. The Morgan fingerprint density at radius 3 is 1.32 bits per heavy atom. The second-order valence-electron chi connectivity index (χ2n) is 19.7. The molecule has 1 saturated heterocycles. The fourth-order valence-corrected chi connectivity index (χ4v) is 8.75. The zero-order chi connectivity index (χ0) is 49.4. The maximum atomic E-state index is 13.0. The summed E-state index contributed by atoms with van der Waals surface area (Å²) in [6, 6.07) is -0.833. The normalized spacial score (nSPS) is 20.0. The van der Waals surface area contributed by atoms with Crippen LogP contribution in [0.2, 0.25) is 0 Å². The number of allylic oxidation sites excluding steroid dienone is 9. The Kier molecular flexibility index (Phi) is 45.6. The molecule has 9 nitrogen and oxygen atoms in total. The SMILES string of the molecule is CCCCCCC/C=C\C/C=C\CCCCCCCCCCCC(=O)NC(COC1OC(CO)C(O)C(O)C1O)C(O)/C=C/CC/C=C/CC/C=C/CCCCCCCCCCCCCCCC. The van der Waals surface area contributed by atoms with Gasteiger partial charge in [0, 0.05) is 6.42 Å². The van der Waals surface area contributed by atoms with Crippen molar-refractivity contribution in [3.8, 4) is 0 Å². The molecule has 0 spiro atoms. The van der Waals surface area contributed by atoms with E-state index in [1.54, 1.807) is 6.08 Å². The van der Waals surface area contributed by atoms with E-state index < -0.39 is 49.5 Å². The van der Waals surface area contributed by atoms with Crippen molar-refractivity contribution in [2.75, 3.05) is 13.2 Å². The largest absolute Gasteiger partial charge is 0.394 e. The molecular formula is C59H107NO8. The van der Waals surface area contributed by atoms with E-state index in [0.29, 0.717) is 6.42 Å². The van der Waals surface area contributed by atoms with E-state index in [9.17, 15) is 30.3 Å². The summed E-state index contributed by atoms with van der Waals surface area (Å²) in [4.78, 5) is 13.0. The van der Waals surface area contributed by atoms with Crippen molar-refractivity contribution in [1.82, 2.24) is 5.32 Å². The summed E-state index contributed by atoms with van der Waals surface area (Å²) in [5.41, 5.74) is 0. The molecule has 0 aromatic rings. The predicted molar refractivity (Wildman–Crippen MR) is 286 cm³/mol. The molecule has 9 heteroatoms. The maximum Gasteiger partial charge on any atom is 0.220 e. The van der Waals surface area contributed by atoms with Crippen molar-refractivity contribution in [2.45, 2.75) is 294 Å². The van der Waals surface area contributed by atoms with Crippen molar-refractivity contribution in [2.24, 2.45) is 0 Å². The minimum absolute atomic E-state index is 0.195. The molecular weight excluding hydrogens is 851 g/mol. The van der Waals surface area contributed by atoms with Gasteiger partial charge in [-0.15, -0.1) is 0 Å². The number of unbranched alkanes of at least 4 members (excludes halogenated alkanes) is 30. The summed E-state index contributed by atoms with van der Waals surface area (Å²) < 4.78 is 11.2. The van der Waals surface area contributed by atoms with Gasteiger partial charge in [0.1, 0.15) is 24.4 Å². The number of amides is 1. The van der Waals surface area contributed by atoms with Crippen LogP contribution in [0.25, 0.3) is 0 Å². The predicted octanol–water partition coefficient (Wildman–Crippen LogP) is 13.9. The minimum atomic E-state index is -1.58. The van der Waals surface area contributed by atoms with Gasteiger partial charge in [-0.1, -0.05) is 229 Å². The monoisotopic (exact) mass is 958 g/mol.